The maximum Gasteiger partial charge on any atom is 0.244 e. The lowest BCUT2D eigenvalue weighted by Crippen LogP contribution is -2.47. The van der Waals surface area contributed by atoms with Crippen molar-refractivity contribution < 1.29 is 13.2 Å². The lowest BCUT2D eigenvalue weighted by molar-refractivity contribution is 0.344. The van der Waals surface area contributed by atoms with Gasteiger partial charge in [0.1, 0.15) is 10.6 Å². The molecule has 2 aliphatic rings. The van der Waals surface area contributed by atoms with Crippen LogP contribution in [0.2, 0.25) is 0 Å². The third-order valence-corrected chi connectivity index (χ3v) is 5.95. The van der Waals surface area contributed by atoms with Gasteiger partial charge in [-0.1, -0.05) is 6.07 Å². The van der Waals surface area contributed by atoms with E-state index in [1.54, 1.807) is 12.1 Å². The number of rotatable bonds is 4. The van der Waals surface area contributed by atoms with Crippen LogP contribution in [0.1, 0.15) is 31.2 Å². The van der Waals surface area contributed by atoms with Crippen molar-refractivity contribution in [1.29, 1.82) is 0 Å². The van der Waals surface area contributed by atoms with E-state index >= 15 is 0 Å². The van der Waals surface area contributed by atoms with E-state index in [9.17, 15) is 8.42 Å². The van der Waals surface area contributed by atoms with Gasteiger partial charge in [-0.15, -0.1) is 0 Å². The van der Waals surface area contributed by atoms with Crippen LogP contribution in [0.3, 0.4) is 0 Å². The molecule has 0 spiro atoms. The first-order valence-electron chi connectivity index (χ1n) is 7.41. The Morgan fingerprint density at radius 2 is 1.90 bits per heavy atom. The molecule has 2 heterocycles. The van der Waals surface area contributed by atoms with E-state index in [-0.39, 0.29) is 10.9 Å². The minimum absolute atomic E-state index is 0.0129. The van der Waals surface area contributed by atoms with Crippen LogP contribution in [-0.2, 0) is 10.0 Å². The number of nitrogens with one attached hydrogen (secondary N) is 2. The van der Waals surface area contributed by atoms with E-state index in [0.717, 1.165) is 31.2 Å². The predicted octanol–water partition coefficient (Wildman–Crippen LogP) is 1.56. The molecule has 116 valence electrons. The Balaban J connectivity index is 1.82. The van der Waals surface area contributed by atoms with E-state index in [1.807, 2.05) is 13.0 Å². The van der Waals surface area contributed by atoms with E-state index in [1.165, 1.54) is 7.11 Å². The standard InChI is InChI=1S/C15H22N2O3S/c1-10-3-6-14(20-2)15(7-10)21(18,19)17-13-8-11-4-5-12(9-13)16-11/h3,6-7,11-13,16-17H,4-5,8-9H2,1-2H3. The first-order chi connectivity index (χ1) is 9.98. The number of hydrogen-bond acceptors (Lipinski definition) is 4. The van der Waals surface area contributed by atoms with Gasteiger partial charge >= 0.3 is 0 Å². The Bertz CT molecular complexity index is 618. The van der Waals surface area contributed by atoms with Crippen molar-refractivity contribution in [2.45, 2.75) is 55.6 Å². The van der Waals surface area contributed by atoms with Gasteiger partial charge in [-0.05, 0) is 50.3 Å². The fourth-order valence-corrected chi connectivity index (χ4v) is 4.95. The molecule has 2 unspecified atom stereocenters. The van der Waals surface area contributed by atoms with Crippen molar-refractivity contribution in [3.63, 3.8) is 0 Å². The highest BCUT2D eigenvalue weighted by Gasteiger charge is 2.35. The maximum absolute atomic E-state index is 12.7. The van der Waals surface area contributed by atoms with Crippen LogP contribution >= 0.6 is 0 Å². The van der Waals surface area contributed by atoms with Gasteiger partial charge in [0.25, 0.3) is 0 Å². The van der Waals surface area contributed by atoms with Crippen LogP contribution in [0.4, 0.5) is 0 Å². The number of ether oxygens (including phenoxy) is 1. The summed E-state index contributed by atoms with van der Waals surface area (Å²) >= 11 is 0. The number of piperidine rings is 1. The van der Waals surface area contributed by atoms with Gasteiger partial charge in [-0.25, -0.2) is 13.1 Å². The zero-order chi connectivity index (χ0) is 15.0. The Morgan fingerprint density at radius 3 is 2.52 bits per heavy atom. The summed E-state index contributed by atoms with van der Waals surface area (Å²) < 4.78 is 33.4. The number of hydrogen-bond donors (Lipinski definition) is 2. The van der Waals surface area contributed by atoms with Gasteiger partial charge in [0.05, 0.1) is 7.11 Å². The summed E-state index contributed by atoms with van der Waals surface area (Å²) in [6.07, 6.45) is 4.03. The largest absolute Gasteiger partial charge is 0.495 e. The van der Waals surface area contributed by atoms with Crippen molar-refractivity contribution in [1.82, 2.24) is 10.0 Å². The number of sulfonamides is 1. The van der Waals surface area contributed by atoms with Crippen LogP contribution in [0.5, 0.6) is 5.75 Å². The second-order valence-electron chi connectivity index (χ2n) is 6.08. The molecular formula is C15H22N2O3S. The lowest BCUT2D eigenvalue weighted by atomic mass is 10.0. The topological polar surface area (TPSA) is 67.4 Å². The fourth-order valence-electron chi connectivity index (χ4n) is 3.43. The molecule has 5 nitrogen and oxygen atoms in total. The van der Waals surface area contributed by atoms with Crippen molar-refractivity contribution in [2.75, 3.05) is 7.11 Å². The van der Waals surface area contributed by atoms with Crippen molar-refractivity contribution in [3.05, 3.63) is 23.8 Å². The lowest BCUT2D eigenvalue weighted by Gasteiger charge is -2.29. The van der Waals surface area contributed by atoms with E-state index in [0.29, 0.717) is 17.8 Å². The summed E-state index contributed by atoms with van der Waals surface area (Å²) in [6.45, 7) is 1.88. The normalized spacial score (nSPS) is 28.6. The zero-order valence-electron chi connectivity index (χ0n) is 12.4. The second-order valence-corrected chi connectivity index (χ2v) is 7.76. The molecule has 1 aromatic carbocycles. The average Bonchev–Trinajstić information content (AvgIpc) is 2.77. The molecule has 1 aromatic rings. The molecule has 2 fully saturated rings. The molecule has 2 aliphatic heterocycles. The second kappa shape index (κ2) is 5.59. The van der Waals surface area contributed by atoms with E-state index < -0.39 is 10.0 Å². The van der Waals surface area contributed by atoms with Gasteiger partial charge in [-0.3, -0.25) is 0 Å². The molecule has 2 bridgehead atoms. The van der Waals surface area contributed by atoms with Gasteiger partial charge in [0.15, 0.2) is 0 Å². The SMILES string of the molecule is COc1ccc(C)cc1S(=O)(=O)NC1CC2CCC(C1)N2. The van der Waals surface area contributed by atoms with E-state index in [2.05, 4.69) is 10.0 Å². The minimum atomic E-state index is -3.55. The molecule has 0 aliphatic carbocycles. The van der Waals surface area contributed by atoms with Crippen LogP contribution in [0.15, 0.2) is 23.1 Å². The van der Waals surface area contributed by atoms with Crippen LogP contribution in [-0.4, -0.2) is 33.7 Å². The summed E-state index contributed by atoms with van der Waals surface area (Å²) in [5.41, 5.74) is 0.904. The molecule has 2 atom stereocenters. The average molecular weight is 310 g/mol. The molecular weight excluding hydrogens is 288 g/mol. The number of methoxy groups -OCH3 is 1. The van der Waals surface area contributed by atoms with E-state index in [4.69, 9.17) is 4.74 Å². The van der Waals surface area contributed by atoms with Crippen molar-refractivity contribution in [2.24, 2.45) is 0 Å². The van der Waals surface area contributed by atoms with Crippen LogP contribution in [0, 0.1) is 6.92 Å². The molecule has 0 saturated carbocycles. The summed E-state index contributed by atoms with van der Waals surface area (Å²) in [4.78, 5) is 0.232. The van der Waals surface area contributed by atoms with Crippen LogP contribution in [0.25, 0.3) is 0 Å². The summed E-state index contributed by atoms with van der Waals surface area (Å²) in [6, 6.07) is 6.14. The molecule has 2 saturated heterocycles. The third-order valence-electron chi connectivity index (χ3n) is 4.40. The van der Waals surface area contributed by atoms with Gasteiger partial charge < -0.3 is 10.1 Å². The molecule has 2 N–H and O–H groups in total. The highest BCUT2D eigenvalue weighted by molar-refractivity contribution is 7.89. The highest BCUT2D eigenvalue weighted by Crippen LogP contribution is 2.29. The number of aryl methyl sites for hydroxylation is 1. The van der Waals surface area contributed by atoms with Crippen molar-refractivity contribution in [3.8, 4) is 5.75 Å². The van der Waals surface area contributed by atoms with Gasteiger partial charge in [0, 0.05) is 18.1 Å². The Labute approximate surface area is 126 Å². The number of fused-ring (bicyclic) bond motifs is 2. The first-order valence-corrected chi connectivity index (χ1v) is 8.89. The fraction of sp³-hybridized carbons (Fsp3) is 0.600. The number of benzene rings is 1. The zero-order valence-corrected chi connectivity index (χ0v) is 13.2. The Morgan fingerprint density at radius 1 is 1.24 bits per heavy atom. The molecule has 6 heteroatoms. The molecule has 0 aromatic heterocycles. The third kappa shape index (κ3) is 3.07. The molecule has 3 rings (SSSR count). The monoisotopic (exact) mass is 310 g/mol. The van der Waals surface area contributed by atoms with Gasteiger partial charge in [-0.2, -0.15) is 0 Å². The summed E-state index contributed by atoms with van der Waals surface area (Å²) in [7, 11) is -2.05. The van der Waals surface area contributed by atoms with Crippen LogP contribution < -0.4 is 14.8 Å². The quantitative estimate of drug-likeness (QED) is 0.886. The maximum atomic E-state index is 12.7. The Kier molecular flexibility index (Phi) is 3.94. The predicted molar refractivity (Wildman–Crippen MR) is 81.0 cm³/mol. The summed E-state index contributed by atoms with van der Waals surface area (Å²) in [5.74, 6) is 0.394. The first kappa shape index (κ1) is 14.8. The highest BCUT2D eigenvalue weighted by atomic mass is 32.2. The van der Waals surface area contributed by atoms with Crippen molar-refractivity contribution >= 4 is 10.0 Å². The molecule has 0 radical (unpaired) electrons. The summed E-state index contributed by atoms with van der Waals surface area (Å²) in [5, 5.41) is 3.52. The smallest absolute Gasteiger partial charge is 0.244 e. The molecule has 0 amide bonds. The Hall–Kier alpha value is -1.11. The van der Waals surface area contributed by atoms with Gasteiger partial charge in [0.2, 0.25) is 10.0 Å². The minimum Gasteiger partial charge on any atom is -0.495 e. The molecule has 21 heavy (non-hydrogen) atoms.